The number of benzene rings is 1. The molecular weight excluding hydrogens is 298 g/mol. The standard InChI is InChI=1S/C17H18ClN3O/c18-14-8-5-13(6-9-14)7-10-17(22)20-16-11-12-19-21(16)15-3-1-2-4-15/h5-12,15H,1-4H2,(H,20,22)/b10-7+. The molecule has 0 atom stereocenters. The number of amides is 1. The molecule has 0 bridgehead atoms. The molecule has 0 radical (unpaired) electrons. The van der Waals surface area contributed by atoms with E-state index in [1.807, 2.05) is 22.9 Å². The van der Waals surface area contributed by atoms with Gasteiger partial charge in [-0.2, -0.15) is 5.10 Å². The summed E-state index contributed by atoms with van der Waals surface area (Å²) in [6, 6.07) is 9.59. The summed E-state index contributed by atoms with van der Waals surface area (Å²) in [4.78, 5) is 12.1. The molecule has 1 fully saturated rings. The highest BCUT2D eigenvalue weighted by Gasteiger charge is 2.20. The molecule has 0 saturated heterocycles. The van der Waals surface area contributed by atoms with E-state index >= 15 is 0 Å². The summed E-state index contributed by atoms with van der Waals surface area (Å²) < 4.78 is 1.93. The maximum atomic E-state index is 12.1. The summed E-state index contributed by atoms with van der Waals surface area (Å²) in [6.07, 6.45) is 9.74. The minimum absolute atomic E-state index is 0.158. The Balaban J connectivity index is 1.64. The average Bonchev–Trinajstić information content (AvgIpc) is 3.17. The number of anilines is 1. The fraction of sp³-hybridized carbons (Fsp3) is 0.294. The van der Waals surface area contributed by atoms with Crippen molar-refractivity contribution in [1.29, 1.82) is 0 Å². The van der Waals surface area contributed by atoms with E-state index in [0.717, 1.165) is 24.2 Å². The summed E-state index contributed by atoms with van der Waals surface area (Å²) in [6.45, 7) is 0. The number of hydrogen-bond donors (Lipinski definition) is 1. The molecule has 0 spiro atoms. The fourth-order valence-corrected chi connectivity index (χ4v) is 2.89. The van der Waals surface area contributed by atoms with Gasteiger partial charge in [0.25, 0.3) is 0 Å². The molecule has 22 heavy (non-hydrogen) atoms. The van der Waals surface area contributed by atoms with Gasteiger partial charge < -0.3 is 5.32 Å². The SMILES string of the molecule is O=C(/C=C/c1ccc(Cl)cc1)Nc1ccnn1C1CCCC1. The lowest BCUT2D eigenvalue weighted by Gasteiger charge is -2.13. The van der Waals surface area contributed by atoms with Crippen molar-refractivity contribution in [3.63, 3.8) is 0 Å². The van der Waals surface area contributed by atoms with Crippen LogP contribution in [0.15, 0.2) is 42.6 Å². The lowest BCUT2D eigenvalue weighted by Crippen LogP contribution is -2.15. The third kappa shape index (κ3) is 3.57. The predicted octanol–water partition coefficient (Wildman–Crippen LogP) is 4.30. The summed E-state index contributed by atoms with van der Waals surface area (Å²) in [5.74, 6) is 0.604. The van der Waals surface area contributed by atoms with Gasteiger partial charge in [-0.15, -0.1) is 0 Å². The van der Waals surface area contributed by atoms with Crippen LogP contribution in [0.4, 0.5) is 5.82 Å². The molecule has 1 aliphatic carbocycles. The van der Waals surface area contributed by atoms with Crippen LogP contribution in [0.1, 0.15) is 37.3 Å². The fourth-order valence-electron chi connectivity index (χ4n) is 2.77. The van der Waals surface area contributed by atoms with Gasteiger partial charge in [-0.1, -0.05) is 36.6 Å². The summed E-state index contributed by atoms with van der Waals surface area (Å²) >= 11 is 5.84. The second-order valence-electron chi connectivity index (χ2n) is 5.47. The number of carbonyl (C=O) groups excluding carboxylic acids is 1. The number of rotatable bonds is 4. The second-order valence-corrected chi connectivity index (χ2v) is 5.91. The van der Waals surface area contributed by atoms with Gasteiger partial charge in [0, 0.05) is 17.2 Å². The molecule has 1 heterocycles. The van der Waals surface area contributed by atoms with Crippen molar-refractivity contribution in [1.82, 2.24) is 9.78 Å². The minimum atomic E-state index is -0.158. The summed E-state index contributed by atoms with van der Waals surface area (Å²) in [7, 11) is 0. The largest absolute Gasteiger partial charge is 0.307 e. The summed E-state index contributed by atoms with van der Waals surface area (Å²) in [5.41, 5.74) is 0.934. The third-order valence-electron chi connectivity index (χ3n) is 3.89. The van der Waals surface area contributed by atoms with Gasteiger partial charge in [0.1, 0.15) is 5.82 Å². The average molecular weight is 316 g/mol. The number of nitrogens with zero attached hydrogens (tertiary/aromatic N) is 2. The smallest absolute Gasteiger partial charge is 0.249 e. The zero-order valence-electron chi connectivity index (χ0n) is 12.2. The topological polar surface area (TPSA) is 46.9 Å². The first kappa shape index (κ1) is 14.9. The lowest BCUT2D eigenvalue weighted by molar-refractivity contribution is -0.111. The van der Waals surface area contributed by atoms with Crippen molar-refractivity contribution in [3.8, 4) is 0 Å². The van der Waals surface area contributed by atoms with Gasteiger partial charge in [0.05, 0.1) is 12.2 Å². The van der Waals surface area contributed by atoms with E-state index in [9.17, 15) is 4.79 Å². The van der Waals surface area contributed by atoms with Crippen molar-refractivity contribution in [2.24, 2.45) is 0 Å². The van der Waals surface area contributed by atoms with E-state index in [2.05, 4.69) is 10.4 Å². The Morgan fingerprint density at radius 3 is 2.68 bits per heavy atom. The van der Waals surface area contributed by atoms with Crippen LogP contribution in [0.3, 0.4) is 0 Å². The first-order chi connectivity index (χ1) is 10.7. The molecule has 1 saturated carbocycles. The molecule has 1 aromatic carbocycles. The normalized spacial score (nSPS) is 15.5. The van der Waals surface area contributed by atoms with Crippen molar-refractivity contribution < 1.29 is 4.79 Å². The van der Waals surface area contributed by atoms with Gasteiger partial charge in [-0.3, -0.25) is 4.79 Å². The Morgan fingerprint density at radius 1 is 1.23 bits per heavy atom. The zero-order chi connectivity index (χ0) is 15.4. The highest BCUT2D eigenvalue weighted by Crippen LogP contribution is 2.31. The molecule has 0 unspecified atom stereocenters. The number of carbonyl (C=O) groups is 1. The van der Waals surface area contributed by atoms with Crippen molar-refractivity contribution in [2.45, 2.75) is 31.7 Å². The Morgan fingerprint density at radius 2 is 1.95 bits per heavy atom. The second kappa shape index (κ2) is 6.79. The van der Waals surface area contributed by atoms with E-state index < -0.39 is 0 Å². The first-order valence-corrected chi connectivity index (χ1v) is 7.88. The molecule has 114 valence electrons. The third-order valence-corrected chi connectivity index (χ3v) is 4.14. The van der Waals surface area contributed by atoms with Gasteiger partial charge in [0.2, 0.25) is 5.91 Å². The van der Waals surface area contributed by atoms with Gasteiger partial charge in [-0.05, 0) is 36.6 Å². The van der Waals surface area contributed by atoms with Gasteiger partial charge in [-0.25, -0.2) is 4.68 Å². The van der Waals surface area contributed by atoms with Crippen LogP contribution >= 0.6 is 11.6 Å². The van der Waals surface area contributed by atoms with Crippen LogP contribution in [-0.2, 0) is 4.79 Å². The number of aromatic nitrogens is 2. The van der Waals surface area contributed by atoms with E-state index in [4.69, 9.17) is 11.6 Å². The first-order valence-electron chi connectivity index (χ1n) is 7.50. The zero-order valence-corrected chi connectivity index (χ0v) is 13.0. The van der Waals surface area contributed by atoms with Crippen molar-refractivity contribution in [3.05, 3.63) is 53.2 Å². The number of nitrogens with one attached hydrogen (secondary N) is 1. The maximum absolute atomic E-state index is 12.1. The van der Waals surface area contributed by atoms with Crippen LogP contribution in [0.2, 0.25) is 5.02 Å². The van der Waals surface area contributed by atoms with E-state index in [0.29, 0.717) is 11.1 Å². The molecule has 1 aromatic heterocycles. The molecular formula is C17H18ClN3O. The lowest BCUT2D eigenvalue weighted by atomic mass is 10.2. The molecule has 0 aliphatic heterocycles. The highest BCUT2D eigenvalue weighted by molar-refractivity contribution is 6.30. The van der Waals surface area contributed by atoms with Crippen molar-refractivity contribution in [2.75, 3.05) is 5.32 Å². The van der Waals surface area contributed by atoms with Gasteiger partial charge >= 0.3 is 0 Å². The highest BCUT2D eigenvalue weighted by atomic mass is 35.5. The van der Waals surface area contributed by atoms with Crippen LogP contribution in [-0.4, -0.2) is 15.7 Å². The summed E-state index contributed by atoms with van der Waals surface area (Å²) in [5, 5.41) is 7.92. The van der Waals surface area contributed by atoms with Crippen LogP contribution < -0.4 is 5.32 Å². The number of hydrogen-bond acceptors (Lipinski definition) is 2. The maximum Gasteiger partial charge on any atom is 0.249 e. The Labute approximate surface area is 134 Å². The van der Waals surface area contributed by atoms with Crippen molar-refractivity contribution >= 4 is 29.4 Å². The Kier molecular flexibility index (Phi) is 4.59. The molecule has 1 amide bonds. The van der Waals surface area contributed by atoms with Crippen LogP contribution in [0.25, 0.3) is 6.08 Å². The number of halogens is 1. The molecule has 1 N–H and O–H groups in total. The Hall–Kier alpha value is -2.07. The molecule has 3 rings (SSSR count). The quantitative estimate of drug-likeness (QED) is 0.855. The van der Waals surface area contributed by atoms with Crippen LogP contribution in [0.5, 0.6) is 0 Å². The van der Waals surface area contributed by atoms with E-state index in [1.165, 1.54) is 18.9 Å². The van der Waals surface area contributed by atoms with Gasteiger partial charge in [0.15, 0.2) is 0 Å². The van der Waals surface area contributed by atoms with Crippen LogP contribution in [0, 0.1) is 0 Å². The molecule has 1 aliphatic rings. The monoisotopic (exact) mass is 315 g/mol. The van der Waals surface area contributed by atoms with E-state index in [-0.39, 0.29) is 5.91 Å². The Bertz CT molecular complexity index is 669. The molecule has 5 heteroatoms. The molecule has 4 nitrogen and oxygen atoms in total. The predicted molar refractivity (Wildman–Crippen MR) is 88.8 cm³/mol. The minimum Gasteiger partial charge on any atom is -0.307 e. The van der Waals surface area contributed by atoms with E-state index in [1.54, 1.807) is 24.4 Å². The molecule has 2 aromatic rings.